The van der Waals surface area contributed by atoms with Gasteiger partial charge in [0, 0.05) is 0 Å². The molecule has 0 aliphatic heterocycles. The maximum atomic E-state index is 2.33. The second-order valence-electron chi connectivity index (χ2n) is 6.52. The quantitative estimate of drug-likeness (QED) is 0.322. The minimum absolute atomic E-state index is 0. The number of halogens is 2. The second-order valence-corrected chi connectivity index (χ2v) is 19.3. The van der Waals surface area contributed by atoms with E-state index in [-0.39, 0.29) is 30.3 Å². The maximum absolute atomic E-state index is 2.33. The first-order valence-electron chi connectivity index (χ1n) is 7.90. The molecule has 0 heterocycles. The largest absolute Gasteiger partial charge is 1.00 e. The van der Waals surface area contributed by atoms with Gasteiger partial charge in [-0.3, -0.25) is 0 Å². The van der Waals surface area contributed by atoms with Gasteiger partial charge in [0.2, 0.25) is 0 Å². The Morgan fingerprint density at radius 1 is 0.708 bits per heavy atom. The van der Waals surface area contributed by atoms with Crippen LogP contribution < -0.4 is 24.8 Å². The van der Waals surface area contributed by atoms with Gasteiger partial charge < -0.3 is 24.8 Å². The van der Waals surface area contributed by atoms with Crippen molar-refractivity contribution in [3.63, 3.8) is 0 Å². The van der Waals surface area contributed by atoms with E-state index in [1.54, 1.807) is 0 Å². The summed E-state index contributed by atoms with van der Waals surface area (Å²) in [6, 6.07) is 4.48. The molecule has 2 aromatic carbocycles. The summed E-state index contributed by atoms with van der Waals surface area (Å²) < 4.78 is 0. The molecule has 0 N–H and O–H groups in total. The molecule has 24 heavy (non-hydrogen) atoms. The summed E-state index contributed by atoms with van der Waals surface area (Å²) in [4.78, 5) is 0. The SMILES string of the molecule is C[Si](C)=[Hf+2].Cc1c[c-](C)c(C)c1C.Cc1c[c-](C)c(C)c1C.[Cl-].[Cl-]. The minimum atomic E-state index is 0. The molecule has 2 aromatic rings. The van der Waals surface area contributed by atoms with Crippen LogP contribution in [0, 0.1) is 55.4 Å². The molecular formula is C20H32Cl2HfSi-2. The molecule has 0 nitrogen and oxygen atoms in total. The van der Waals surface area contributed by atoms with Crippen LogP contribution in [0.15, 0.2) is 12.1 Å². The van der Waals surface area contributed by atoms with Crippen molar-refractivity contribution in [3.8, 4) is 0 Å². The van der Waals surface area contributed by atoms with Crippen LogP contribution in [-0.4, -0.2) is 5.49 Å². The van der Waals surface area contributed by atoms with E-state index in [0.29, 0.717) is 0 Å². The molecule has 2 rings (SSSR count). The number of hydrogen-bond acceptors (Lipinski definition) is 0. The summed E-state index contributed by atoms with van der Waals surface area (Å²) in [6.07, 6.45) is 0. The van der Waals surface area contributed by atoms with Crippen molar-refractivity contribution in [1.29, 1.82) is 0 Å². The van der Waals surface area contributed by atoms with Gasteiger partial charge >= 0.3 is 41.6 Å². The summed E-state index contributed by atoms with van der Waals surface area (Å²) in [6.45, 7) is 22.0. The first-order valence-corrected chi connectivity index (χ1v) is 15.8. The zero-order chi connectivity index (χ0) is 17.6. The summed E-state index contributed by atoms with van der Waals surface area (Å²) >= 11 is 1.45. The molecule has 0 fully saturated rings. The predicted octanol–water partition coefficient (Wildman–Crippen LogP) is 0.0707. The molecule has 0 aromatic heterocycles. The first kappa shape index (κ1) is 29.1. The summed E-state index contributed by atoms with van der Waals surface area (Å²) in [5.41, 5.74) is 11.8. The second kappa shape index (κ2) is 13.6. The van der Waals surface area contributed by atoms with Crippen molar-refractivity contribution < 1.29 is 47.8 Å². The smallest absolute Gasteiger partial charge is 0.0630 e. The summed E-state index contributed by atoms with van der Waals surface area (Å²) in [5.74, 6) is 0. The van der Waals surface area contributed by atoms with Crippen LogP contribution in [0.5, 0.6) is 0 Å². The Kier molecular flexibility index (Phi) is 16.5. The van der Waals surface area contributed by atoms with Crippen LogP contribution in [0.3, 0.4) is 0 Å². The molecule has 0 aliphatic carbocycles. The van der Waals surface area contributed by atoms with Crippen LogP contribution in [0.1, 0.15) is 44.5 Å². The third-order valence-corrected chi connectivity index (χ3v) is 4.36. The average molecular weight is 550 g/mol. The molecular weight excluding hydrogens is 518 g/mol. The predicted molar refractivity (Wildman–Crippen MR) is 99.4 cm³/mol. The van der Waals surface area contributed by atoms with Gasteiger partial charge in [0.15, 0.2) is 0 Å². The fraction of sp³-hybridized carbons (Fsp3) is 0.500. The normalized spacial score (nSPS) is 8.83. The van der Waals surface area contributed by atoms with Crippen molar-refractivity contribution >= 4 is 5.49 Å². The van der Waals surface area contributed by atoms with E-state index < -0.39 is 0 Å². The Morgan fingerprint density at radius 2 is 0.917 bits per heavy atom. The summed E-state index contributed by atoms with van der Waals surface area (Å²) in [7, 11) is 0. The van der Waals surface area contributed by atoms with E-state index in [1.807, 2.05) is 0 Å². The molecule has 136 valence electrons. The average Bonchev–Trinajstić information content (AvgIpc) is 2.75. The van der Waals surface area contributed by atoms with E-state index in [0.717, 1.165) is 0 Å². The Bertz CT molecular complexity index is 537. The molecule has 0 amide bonds. The molecule has 0 radical (unpaired) electrons. The van der Waals surface area contributed by atoms with Crippen LogP contribution >= 0.6 is 0 Å². The molecule has 0 aliphatic rings. The number of aryl methyl sites for hydroxylation is 4. The molecule has 0 atom stereocenters. The van der Waals surface area contributed by atoms with Gasteiger partial charge in [0.25, 0.3) is 0 Å². The maximum Gasteiger partial charge on any atom is -0.0630 e. The van der Waals surface area contributed by atoms with Gasteiger partial charge in [-0.25, -0.2) is 0 Å². The number of hydrogen-bond donors (Lipinski definition) is 0. The van der Waals surface area contributed by atoms with Crippen LogP contribution in [-0.2, 0) is 23.0 Å². The van der Waals surface area contributed by atoms with E-state index in [2.05, 4.69) is 80.6 Å². The van der Waals surface area contributed by atoms with Crippen molar-refractivity contribution in [3.05, 3.63) is 56.6 Å². The number of rotatable bonds is 0. The Balaban J connectivity index is -0.000000283. The standard InChI is InChI=1S/2C9H13.C2H6Si.2ClH.Hf/c2*1-6-5-7(2)9(4)8(6)3;1-3-2;;;/h2*5H,1-4H3;1-2H3;2*1H;/q2*-1;;;;+2/p-2. The zero-order valence-corrected chi connectivity index (χ0v) is 23.0. The fourth-order valence-corrected chi connectivity index (χ4v) is 2.27. The van der Waals surface area contributed by atoms with Gasteiger partial charge in [-0.15, -0.1) is 0 Å². The molecule has 0 spiro atoms. The third-order valence-electron chi connectivity index (χ3n) is 4.36. The van der Waals surface area contributed by atoms with Crippen molar-refractivity contribution in [2.45, 2.75) is 68.5 Å². The Hall–Kier alpha value is 0.367. The molecule has 4 heteroatoms. The first-order chi connectivity index (χ1) is 9.98. The fourth-order valence-electron chi connectivity index (χ4n) is 2.27. The van der Waals surface area contributed by atoms with Crippen LogP contribution in [0.4, 0.5) is 0 Å². The molecule has 0 saturated carbocycles. The molecule has 0 unspecified atom stereocenters. The topological polar surface area (TPSA) is 0 Å². The van der Waals surface area contributed by atoms with Crippen molar-refractivity contribution in [2.75, 3.05) is 0 Å². The van der Waals surface area contributed by atoms with Gasteiger partial charge in [0.05, 0.1) is 0 Å². The van der Waals surface area contributed by atoms with Crippen molar-refractivity contribution in [1.82, 2.24) is 0 Å². The van der Waals surface area contributed by atoms with Crippen LogP contribution in [0.2, 0.25) is 13.1 Å². The van der Waals surface area contributed by atoms with Gasteiger partial charge in [-0.05, 0) is 0 Å². The zero-order valence-electron chi connectivity index (χ0n) is 16.9. The van der Waals surface area contributed by atoms with E-state index in [9.17, 15) is 0 Å². The summed E-state index contributed by atoms with van der Waals surface area (Å²) in [5, 5.41) is 0. The molecule has 0 saturated heterocycles. The minimum Gasteiger partial charge on any atom is -1.00 e. The Labute approximate surface area is 177 Å². The van der Waals surface area contributed by atoms with Gasteiger partial charge in [-0.1, -0.05) is 55.4 Å². The Morgan fingerprint density at radius 3 is 0.958 bits per heavy atom. The van der Waals surface area contributed by atoms with Gasteiger partial charge in [-0.2, -0.15) is 56.6 Å². The molecule has 0 bridgehead atoms. The van der Waals surface area contributed by atoms with Crippen LogP contribution in [0.25, 0.3) is 0 Å². The van der Waals surface area contributed by atoms with E-state index in [4.69, 9.17) is 0 Å². The monoisotopic (exact) mass is 550 g/mol. The third kappa shape index (κ3) is 9.75. The van der Waals surface area contributed by atoms with Crippen molar-refractivity contribution in [2.24, 2.45) is 0 Å². The van der Waals surface area contributed by atoms with E-state index >= 15 is 0 Å². The van der Waals surface area contributed by atoms with Gasteiger partial charge in [0.1, 0.15) is 0 Å². The van der Waals surface area contributed by atoms with E-state index in [1.165, 1.54) is 67.5 Å².